The van der Waals surface area contributed by atoms with Crippen LogP contribution in [0.2, 0.25) is 0 Å². The van der Waals surface area contributed by atoms with Gasteiger partial charge in [-0.1, -0.05) is 53.7 Å². The minimum atomic E-state index is -0.103. The molecule has 3 nitrogen and oxygen atoms in total. The maximum atomic E-state index is 12.7. The molecule has 1 N–H and O–H groups in total. The molecule has 24 heavy (non-hydrogen) atoms. The van der Waals surface area contributed by atoms with Crippen molar-refractivity contribution >= 4 is 11.6 Å². The predicted octanol–water partition coefficient (Wildman–Crippen LogP) is 5.22. The zero-order chi connectivity index (χ0) is 18.0. The summed E-state index contributed by atoms with van der Waals surface area (Å²) in [6.45, 7) is 12.9. The van der Waals surface area contributed by atoms with Crippen molar-refractivity contribution in [2.45, 2.75) is 53.4 Å². The van der Waals surface area contributed by atoms with E-state index in [-0.39, 0.29) is 16.7 Å². The molecule has 0 aliphatic heterocycles. The van der Waals surface area contributed by atoms with E-state index in [1.807, 2.05) is 30.3 Å². The van der Waals surface area contributed by atoms with Crippen molar-refractivity contribution in [3.63, 3.8) is 0 Å². The molecule has 0 saturated carbocycles. The molecule has 1 aromatic heterocycles. The van der Waals surface area contributed by atoms with Crippen LogP contribution in [0.25, 0.3) is 0 Å². The topological polar surface area (TPSA) is 42.0 Å². The molecule has 0 spiro atoms. The molecule has 0 bridgehead atoms. The molecule has 0 aliphatic rings. The number of nitrogens with one attached hydrogen (secondary N) is 1. The third kappa shape index (κ3) is 4.92. The lowest BCUT2D eigenvalue weighted by Gasteiger charge is -2.21. The highest BCUT2D eigenvalue weighted by Gasteiger charge is 2.19. The number of anilines is 1. The quantitative estimate of drug-likeness (QED) is 0.841. The van der Waals surface area contributed by atoms with Gasteiger partial charge in [0.1, 0.15) is 0 Å². The molecule has 1 heterocycles. The Labute approximate surface area is 145 Å². The lowest BCUT2D eigenvalue weighted by Crippen LogP contribution is -2.19. The fourth-order valence-electron chi connectivity index (χ4n) is 2.55. The number of pyridine rings is 1. The molecule has 0 atom stereocenters. The van der Waals surface area contributed by atoms with Gasteiger partial charge < -0.3 is 5.32 Å². The molecule has 2 rings (SSSR count). The number of benzene rings is 1. The minimum Gasteiger partial charge on any atom is -0.322 e. The lowest BCUT2D eigenvalue weighted by molar-refractivity contribution is 0.102. The standard InChI is InChI=1S/C21H28N2O/c1-20(2,3)14-18-17(11-8-12-22-18)19(24)23-16-10-7-9-15(13-16)21(4,5)6/h7-13H,14H2,1-6H3,(H,23,24). The van der Waals surface area contributed by atoms with Crippen LogP contribution in [0.3, 0.4) is 0 Å². The molecule has 128 valence electrons. The van der Waals surface area contributed by atoms with Gasteiger partial charge in [0.05, 0.1) is 11.3 Å². The van der Waals surface area contributed by atoms with Gasteiger partial charge in [0.15, 0.2) is 0 Å². The Morgan fingerprint density at radius 1 is 1.04 bits per heavy atom. The van der Waals surface area contributed by atoms with Crippen LogP contribution < -0.4 is 5.32 Å². The van der Waals surface area contributed by atoms with Crippen molar-refractivity contribution in [2.75, 3.05) is 5.32 Å². The van der Waals surface area contributed by atoms with Gasteiger partial charge in [-0.2, -0.15) is 0 Å². The van der Waals surface area contributed by atoms with Crippen molar-refractivity contribution in [1.29, 1.82) is 0 Å². The number of hydrogen-bond donors (Lipinski definition) is 1. The Hall–Kier alpha value is -2.16. The monoisotopic (exact) mass is 324 g/mol. The third-order valence-corrected chi connectivity index (χ3v) is 3.82. The summed E-state index contributed by atoms with van der Waals surface area (Å²) in [6.07, 6.45) is 2.51. The first kappa shape index (κ1) is 18.2. The molecule has 0 saturated heterocycles. The summed E-state index contributed by atoms with van der Waals surface area (Å²) in [5.41, 5.74) is 3.63. The molecule has 3 heteroatoms. The fraction of sp³-hybridized carbons (Fsp3) is 0.429. The first-order valence-corrected chi connectivity index (χ1v) is 8.42. The summed E-state index contributed by atoms with van der Waals surface area (Å²) in [4.78, 5) is 17.2. The zero-order valence-corrected chi connectivity index (χ0v) is 15.6. The Morgan fingerprint density at radius 3 is 2.38 bits per heavy atom. The van der Waals surface area contributed by atoms with E-state index >= 15 is 0 Å². The summed E-state index contributed by atoms with van der Waals surface area (Å²) in [6, 6.07) is 11.7. The van der Waals surface area contributed by atoms with Gasteiger partial charge >= 0.3 is 0 Å². The molecule has 0 fully saturated rings. The summed E-state index contributed by atoms with van der Waals surface area (Å²) in [5, 5.41) is 3.02. The molecule has 2 aromatic rings. The van der Waals surface area contributed by atoms with E-state index in [1.165, 1.54) is 5.56 Å². The van der Waals surface area contributed by atoms with Crippen molar-refractivity contribution in [1.82, 2.24) is 4.98 Å². The Bertz CT molecular complexity index is 721. The minimum absolute atomic E-state index is 0.0481. The third-order valence-electron chi connectivity index (χ3n) is 3.82. The maximum Gasteiger partial charge on any atom is 0.257 e. The first-order valence-electron chi connectivity index (χ1n) is 8.42. The number of hydrogen-bond acceptors (Lipinski definition) is 2. The van der Waals surface area contributed by atoms with Crippen LogP contribution in [-0.4, -0.2) is 10.9 Å². The maximum absolute atomic E-state index is 12.7. The largest absolute Gasteiger partial charge is 0.322 e. The van der Waals surface area contributed by atoms with E-state index in [0.717, 1.165) is 17.8 Å². The van der Waals surface area contributed by atoms with Crippen molar-refractivity contribution < 1.29 is 4.79 Å². The van der Waals surface area contributed by atoms with Crippen LogP contribution in [-0.2, 0) is 11.8 Å². The zero-order valence-electron chi connectivity index (χ0n) is 15.6. The number of carbonyl (C=O) groups excluding carboxylic acids is 1. The second-order valence-corrected chi connectivity index (χ2v) is 8.52. The van der Waals surface area contributed by atoms with Crippen LogP contribution >= 0.6 is 0 Å². The highest BCUT2D eigenvalue weighted by molar-refractivity contribution is 6.05. The summed E-state index contributed by atoms with van der Waals surface area (Å²) in [5.74, 6) is -0.103. The van der Waals surface area contributed by atoms with E-state index in [4.69, 9.17) is 0 Å². The van der Waals surface area contributed by atoms with E-state index in [0.29, 0.717) is 5.56 Å². The highest BCUT2D eigenvalue weighted by Crippen LogP contribution is 2.25. The smallest absolute Gasteiger partial charge is 0.257 e. The second-order valence-electron chi connectivity index (χ2n) is 8.52. The number of amides is 1. The number of nitrogens with zero attached hydrogens (tertiary/aromatic N) is 1. The second kappa shape index (κ2) is 6.76. The SMILES string of the molecule is CC(C)(C)Cc1ncccc1C(=O)Nc1cccc(C(C)(C)C)c1. The van der Waals surface area contributed by atoms with Gasteiger partial charge in [0, 0.05) is 11.9 Å². The van der Waals surface area contributed by atoms with Crippen molar-refractivity contribution in [3.05, 3.63) is 59.4 Å². The molecule has 0 aliphatic carbocycles. The van der Waals surface area contributed by atoms with Gasteiger partial charge in [0.25, 0.3) is 5.91 Å². The predicted molar refractivity (Wildman–Crippen MR) is 100 cm³/mol. The molecular formula is C21H28N2O. The van der Waals surface area contributed by atoms with Gasteiger partial charge in [0.2, 0.25) is 0 Å². The average molecular weight is 324 g/mol. The van der Waals surface area contributed by atoms with Gasteiger partial charge in [-0.25, -0.2) is 0 Å². The van der Waals surface area contributed by atoms with E-state index in [9.17, 15) is 4.79 Å². The van der Waals surface area contributed by atoms with Crippen LogP contribution in [0.1, 0.15) is 63.2 Å². The van der Waals surface area contributed by atoms with Gasteiger partial charge in [-0.05, 0) is 47.1 Å². The number of rotatable bonds is 3. The van der Waals surface area contributed by atoms with Crippen molar-refractivity contribution in [2.24, 2.45) is 5.41 Å². The summed E-state index contributed by atoms with van der Waals surface area (Å²) >= 11 is 0. The summed E-state index contributed by atoms with van der Waals surface area (Å²) < 4.78 is 0. The van der Waals surface area contributed by atoms with Crippen LogP contribution in [0, 0.1) is 5.41 Å². The van der Waals surface area contributed by atoms with Crippen molar-refractivity contribution in [3.8, 4) is 0 Å². The Morgan fingerprint density at radius 2 is 1.75 bits per heavy atom. The number of aromatic nitrogens is 1. The molecule has 1 aromatic carbocycles. The van der Waals surface area contributed by atoms with Crippen LogP contribution in [0.5, 0.6) is 0 Å². The summed E-state index contributed by atoms with van der Waals surface area (Å²) in [7, 11) is 0. The highest BCUT2D eigenvalue weighted by atomic mass is 16.1. The number of carbonyl (C=O) groups is 1. The van der Waals surface area contributed by atoms with Gasteiger partial charge in [-0.15, -0.1) is 0 Å². The van der Waals surface area contributed by atoms with E-state index < -0.39 is 0 Å². The van der Waals surface area contributed by atoms with Crippen LogP contribution in [0.15, 0.2) is 42.6 Å². The Balaban J connectivity index is 2.25. The first-order chi connectivity index (χ1) is 11.1. The molecule has 1 amide bonds. The van der Waals surface area contributed by atoms with Gasteiger partial charge in [-0.3, -0.25) is 9.78 Å². The lowest BCUT2D eigenvalue weighted by atomic mass is 9.87. The normalized spacial score (nSPS) is 12.1. The average Bonchev–Trinajstić information content (AvgIpc) is 2.45. The molecular weight excluding hydrogens is 296 g/mol. The van der Waals surface area contributed by atoms with Crippen LogP contribution in [0.4, 0.5) is 5.69 Å². The fourth-order valence-corrected chi connectivity index (χ4v) is 2.55. The van der Waals surface area contributed by atoms with E-state index in [2.05, 4.69) is 57.9 Å². The Kier molecular flexibility index (Phi) is 5.12. The molecule has 0 radical (unpaired) electrons. The van der Waals surface area contributed by atoms with E-state index in [1.54, 1.807) is 6.20 Å². The molecule has 0 unspecified atom stereocenters.